The Bertz CT molecular complexity index is 780. The second-order valence-electron chi connectivity index (χ2n) is 8.34. The van der Waals surface area contributed by atoms with E-state index in [-0.39, 0.29) is 5.97 Å². The van der Waals surface area contributed by atoms with Gasteiger partial charge < -0.3 is 14.2 Å². The highest BCUT2D eigenvalue weighted by Crippen LogP contribution is 2.20. The zero-order valence-corrected chi connectivity index (χ0v) is 20.2. The Morgan fingerprint density at radius 1 is 0.697 bits per heavy atom. The molecule has 0 aliphatic heterocycles. The quantitative estimate of drug-likeness (QED) is 0.0990. The van der Waals surface area contributed by atoms with E-state index in [1.54, 1.807) is 24.3 Å². The summed E-state index contributed by atoms with van der Waals surface area (Å²) in [5.74, 6) is 1.68. The first-order valence-electron chi connectivity index (χ1n) is 12.5. The lowest BCUT2D eigenvalue weighted by molar-refractivity contribution is 0.0734. The molecule has 0 amide bonds. The van der Waals surface area contributed by atoms with E-state index in [1.165, 1.54) is 44.9 Å². The zero-order chi connectivity index (χ0) is 23.6. The number of carbonyl (C=O) groups excluding carboxylic acids is 1. The molecule has 4 nitrogen and oxygen atoms in total. The molecule has 0 aliphatic rings. The largest absolute Gasteiger partial charge is 0.494 e. The fourth-order valence-corrected chi connectivity index (χ4v) is 3.46. The number of esters is 1. The highest BCUT2D eigenvalue weighted by Gasteiger charge is 2.09. The van der Waals surface area contributed by atoms with Gasteiger partial charge in [-0.1, -0.05) is 57.9 Å². The molecule has 0 saturated carbocycles. The van der Waals surface area contributed by atoms with E-state index in [0.717, 1.165) is 37.2 Å². The summed E-state index contributed by atoms with van der Waals surface area (Å²) in [6, 6.07) is 14.3. The van der Waals surface area contributed by atoms with Crippen LogP contribution in [0.2, 0.25) is 0 Å². The second-order valence-corrected chi connectivity index (χ2v) is 8.34. The van der Waals surface area contributed by atoms with Crippen molar-refractivity contribution in [2.75, 3.05) is 13.2 Å². The molecule has 4 heteroatoms. The number of rotatable bonds is 18. The van der Waals surface area contributed by atoms with Crippen LogP contribution in [0.25, 0.3) is 0 Å². The van der Waals surface area contributed by atoms with Gasteiger partial charge in [0, 0.05) is 0 Å². The molecule has 0 saturated heterocycles. The summed E-state index contributed by atoms with van der Waals surface area (Å²) in [6.07, 6.45) is 15.2. The molecule has 0 radical (unpaired) electrons. The van der Waals surface area contributed by atoms with E-state index < -0.39 is 0 Å². The molecule has 2 aromatic rings. The molecule has 0 aromatic heterocycles. The molecule has 0 spiro atoms. The van der Waals surface area contributed by atoms with Crippen LogP contribution in [-0.4, -0.2) is 19.2 Å². The zero-order valence-electron chi connectivity index (χ0n) is 20.2. The number of hydrogen-bond donors (Lipinski definition) is 0. The van der Waals surface area contributed by atoms with Gasteiger partial charge in [0.05, 0.1) is 18.8 Å². The Hall–Kier alpha value is -2.75. The first kappa shape index (κ1) is 26.5. The van der Waals surface area contributed by atoms with Gasteiger partial charge in [-0.05, 0) is 74.2 Å². The third-order valence-electron chi connectivity index (χ3n) is 5.46. The minimum absolute atomic E-state index is 0.383. The monoisotopic (exact) mass is 452 g/mol. The van der Waals surface area contributed by atoms with Gasteiger partial charge in [-0.15, -0.1) is 6.58 Å². The van der Waals surface area contributed by atoms with Gasteiger partial charge in [-0.2, -0.15) is 0 Å². The Morgan fingerprint density at radius 3 is 1.76 bits per heavy atom. The molecule has 2 rings (SSSR count). The van der Waals surface area contributed by atoms with Crippen molar-refractivity contribution >= 4 is 5.97 Å². The van der Waals surface area contributed by atoms with Crippen molar-refractivity contribution in [2.24, 2.45) is 0 Å². The van der Waals surface area contributed by atoms with Gasteiger partial charge in [0.2, 0.25) is 0 Å². The third kappa shape index (κ3) is 11.6. The van der Waals surface area contributed by atoms with Crippen LogP contribution in [0, 0.1) is 0 Å². The van der Waals surface area contributed by atoms with E-state index in [9.17, 15) is 4.79 Å². The van der Waals surface area contributed by atoms with E-state index in [1.807, 2.05) is 30.3 Å². The van der Waals surface area contributed by atoms with Gasteiger partial charge in [-0.25, -0.2) is 4.79 Å². The minimum Gasteiger partial charge on any atom is -0.494 e. The van der Waals surface area contributed by atoms with Crippen molar-refractivity contribution in [2.45, 2.75) is 77.6 Å². The maximum atomic E-state index is 12.4. The topological polar surface area (TPSA) is 44.8 Å². The van der Waals surface area contributed by atoms with Crippen LogP contribution in [0.4, 0.5) is 0 Å². The molecule has 0 bridgehead atoms. The standard InChI is InChI=1S/C29H40O4/c1-3-5-7-8-9-10-11-12-14-24-32-26-17-15-25(16-18-26)29(30)33-28-21-19-27(20-22-28)31-23-13-6-4-2/h3,15-22H,1,4-14,23-24H2,2H3. The normalized spacial score (nSPS) is 10.6. The fraction of sp³-hybridized carbons (Fsp3) is 0.483. The average Bonchev–Trinajstić information content (AvgIpc) is 2.84. The van der Waals surface area contributed by atoms with Crippen molar-refractivity contribution < 1.29 is 19.0 Å². The summed E-state index contributed by atoms with van der Waals surface area (Å²) in [7, 11) is 0. The lowest BCUT2D eigenvalue weighted by Crippen LogP contribution is -2.08. The molecular weight excluding hydrogens is 412 g/mol. The van der Waals surface area contributed by atoms with Crippen LogP contribution in [0.15, 0.2) is 61.2 Å². The SMILES string of the molecule is C=CCCCCCCCCCOc1ccc(C(=O)Oc2ccc(OCCCCC)cc2)cc1. The summed E-state index contributed by atoms with van der Waals surface area (Å²) in [6.45, 7) is 7.33. The predicted molar refractivity (Wildman–Crippen MR) is 135 cm³/mol. The van der Waals surface area contributed by atoms with Crippen molar-refractivity contribution in [1.82, 2.24) is 0 Å². The lowest BCUT2D eigenvalue weighted by atomic mass is 10.1. The number of unbranched alkanes of at least 4 members (excludes halogenated alkanes) is 9. The molecule has 0 fully saturated rings. The van der Waals surface area contributed by atoms with Crippen LogP contribution in [0.1, 0.15) is 87.9 Å². The Kier molecular flexibility index (Phi) is 13.5. The molecule has 2 aromatic carbocycles. The number of carbonyl (C=O) groups is 1. The third-order valence-corrected chi connectivity index (χ3v) is 5.46. The number of ether oxygens (including phenoxy) is 3. The molecule has 0 N–H and O–H groups in total. The average molecular weight is 453 g/mol. The number of hydrogen-bond acceptors (Lipinski definition) is 4. The first-order chi connectivity index (χ1) is 16.2. The summed E-state index contributed by atoms with van der Waals surface area (Å²) < 4.78 is 17.0. The van der Waals surface area contributed by atoms with Crippen molar-refractivity contribution in [3.8, 4) is 17.2 Å². The molecule has 33 heavy (non-hydrogen) atoms. The van der Waals surface area contributed by atoms with E-state index in [0.29, 0.717) is 24.5 Å². The van der Waals surface area contributed by atoms with Gasteiger partial charge in [0.25, 0.3) is 0 Å². The minimum atomic E-state index is -0.383. The summed E-state index contributed by atoms with van der Waals surface area (Å²) in [5, 5.41) is 0. The Morgan fingerprint density at radius 2 is 1.18 bits per heavy atom. The van der Waals surface area contributed by atoms with Gasteiger partial charge in [-0.3, -0.25) is 0 Å². The van der Waals surface area contributed by atoms with E-state index in [4.69, 9.17) is 14.2 Å². The van der Waals surface area contributed by atoms with Crippen molar-refractivity contribution in [3.05, 3.63) is 66.7 Å². The highest BCUT2D eigenvalue weighted by molar-refractivity contribution is 5.91. The van der Waals surface area contributed by atoms with Crippen LogP contribution in [0.3, 0.4) is 0 Å². The summed E-state index contributed by atoms with van der Waals surface area (Å²) in [4.78, 5) is 12.4. The molecule has 0 heterocycles. The van der Waals surface area contributed by atoms with Crippen LogP contribution < -0.4 is 14.2 Å². The Labute approximate surface area is 200 Å². The molecule has 0 unspecified atom stereocenters. The van der Waals surface area contributed by atoms with Gasteiger partial charge in [0.15, 0.2) is 0 Å². The van der Waals surface area contributed by atoms with Crippen LogP contribution >= 0.6 is 0 Å². The lowest BCUT2D eigenvalue weighted by Gasteiger charge is -2.09. The maximum Gasteiger partial charge on any atom is 0.343 e. The van der Waals surface area contributed by atoms with Crippen molar-refractivity contribution in [3.63, 3.8) is 0 Å². The second kappa shape index (κ2) is 16.8. The van der Waals surface area contributed by atoms with Crippen LogP contribution in [0.5, 0.6) is 17.2 Å². The summed E-state index contributed by atoms with van der Waals surface area (Å²) >= 11 is 0. The van der Waals surface area contributed by atoms with Gasteiger partial charge >= 0.3 is 5.97 Å². The number of allylic oxidation sites excluding steroid dienone is 1. The number of benzene rings is 2. The van der Waals surface area contributed by atoms with E-state index >= 15 is 0 Å². The molecular formula is C29H40O4. The molecule has 0 atom stereocenters. The summed E-state index contributed by atoms with van der Waals surface area (Å²) in [5.41, 5.74) is 0.499. The molecule has 0 aliphatic carbocycles. The maximum absolute atomic E-state index is 12.4. The van der Waals surface area contributed by atoms with Gasteiger partial charge in [0.1, 0.15) is 17.2 Å². The highest BCUT2D eigenvalue weighted by atomic mass is 16.5. The first-order valence-corrected chi connectivity index (χ1v) is 12.5. The van der Waals surface area contributed by atoms with E-state index in [2.05, 4.69) is 13.5 Å². The fourth-order valence-electron chi connectivity index (χ4n) is 3.46. The smallest absolute Gasteiger partial charge is 0.343 e. The van der Waals surface area contributed by atoms with Crippen LogP contribution in [-0.2, 0) is 0 Å². The molecule has 180 valence electrons. The van der Waals surface area contributed by atoms with Crippen molar-refractivity contribution in [1.29, 1.82) is 0 Å². The Balaban J connectivity index is 1.62. The predicted octanol–water partition coefficient (Wildman–Crippen LogP) is 8.16.